The van der Waals surface area contributed by atoms with Crippen molar-refractivity contribution in [3.05, 3.63) is 17.7 Å². The van der Waals surface area contributed by atoms with Crippen LogP contribution in [-0.4, -0.2) is 25.4 Å². The van der Waals surface area contributed by atoms with Crippen LogP contribution in [0.4, 0.5) is 0 Å². The summed E-state index contributed by atoms with van der Waals surface area (Å²) in [6.45, 7) is 2.01. The zero-order chi connectivity index (χ0) is 12.1. The maximum atomic E-state index is 9.86. The molecule has 16 heavy (non-hydrogen) atoms. The molecule has 0 bridgehead atoms. The van der Waals surface area contributed by atoms with Crippen molar-refractivity contribution < 1.29 is 14.6 Å². The van der Waals surface area contributed by atoms with Crippen LogP contribution >= 0.6 is 0 Å². The van der Waals surface area contributed by atoms with E-state index in [1.54, 1.807) is 26.4 Å². The summed E-state index contributed by atoms with van der Waals surface area (Å²) < 4.78 is 10.3. The van der Waals surface area contributed by atoms with Crippen LogP contribution in [0, 0.1) is 0 Å². The minimum Gasteiger partial charge on any atom is -0.507 e. The second-order valence-corrected chi connectivity index (χ2v) is 3.70. The Morgan fingerprint density at radius 1 is 1.31 bits per heavy atom. The second kappa shape index (κ2) is 5.61. The highest BCUT2D eigenvalue weighted by Crippen LogP contribution is 2.34. The summed E-state index contributed by atoms with van der Waals surface area (Å²) in [5, 5.41) is 9.86. The van der Waals surface area contributed by atoms with Gasteiger partial charge in [0, 0.05) is 23.7 Å². The molecule has 4 heteroatoms. The van der Waals surface area contributed by atoms with E-state index in [-0.39, 0.29) is 11.8 Å². The number of hydrogen-bond donors (Lipinski definition) is 2. The highest BCUT2D eigenvalue weighted by atomic mass is 16.5. The van der Waals surface area contributed by atoms with E-state index < -0.39 is 0 Å². The van der Waals surface area contributed by atoms with Crippen LogP contribution in [0.1, 0.15) is 18.9 Å². The number of phenols is 1. The predicted molar refractivity (Wildman–Crippen MR) is 63.2 cm³/mol. The lowest BCUT2D eigenvalue weighted by Gasteiger charge is -2.15. The Morgan fingerprint density at radius 2 is 2.00 bits per heavy atom. The molecule has 4 nitrogen and oxygen atoms in total. The third-order valence-electron chi connectivity index (χ3n) is 2.61. The molecule has 0 amide bonds. The van der Waals surface area contributed by atoms with E-state index in [2.05, 4.69) is 0 Å². The van der Waals surface area contributed by atoms with Crippen LogP contribution in [0.15, 0.2) is 12.1 Å². The summed E-state index contributed by atoms with van der Waals surface area (Å²) >= 11 is 0. The molecule has 1 rings (SSSR count). The summed E-state index contributed by atoms with van der Waals surface area (Å²) in [5.41, 5.74) is 6.60. The van der Waals surface area contributed by atoms with E-state index in [1.807, 2.05) is 6.92 Å². The van der Waals surface area contributed by atoms with E-state index in [0.29, 0.717) is 17.9 Å². The monoisotopic (exact) mass is 225 g/mol. The molecule has 0 aliphatic heterocycles. The van der Waals surface area contributed by atoms with Crippen molar-refractivity contribution in [3.8, 4) is 17.2 Å². The van der Waals surface area contributed by atoms with Gasteiger partial charge in [0.15, 0.2) is 0 Å². The Labute approximate surface area is 96.0 Å². The molecule has 0 radical (unpaired) electrons. The molecular formula is C12H19NO3. The first kappa shape index (κ1) is 12.6. The van der Waals surface area contributed by atoms with Gasteiger partial charge in [-0.25, -0.2) is 0 Å². The van der Waals surface area contributed by atoms with Gasteiger partial charge in [0.25, 0.3) is 0 Å². The standard InChI is InChI=1S/C12H19NO3/c1-4-8(13)5-10-11(14)6-9(15-2)7-12(10)16-3/h6-8,14H,4-5,13H2,1-3H3. The molecule has 1 aromatic rings. The first-order valence-electron chi connectivity index (χ1n) is 5.31. The van der Waals surface area contributed by atoms with Crippen LogP contribution in [0.5, 0.6) is 17.2 Å². The first-order valence-corrected chi connectivity index (χ1v) is 5.31. The number of phenolic OH excluding ortho intramolecular Hbond substituents is 1. The largest absolute Gasteiger partial charge is 0.507 e. The Balaban J connectivity index is 3.06. The SMILES string of the molecule is CCC(N)Cc1c(O)cc(OC)cc1OC. The second-order valence-electron chi connectivity index (χ2n) is 3.70. The summed E-state index contributed by atoms with van der Waals surface area (Å²) in [6, 6.07) is 3.34. The number of methoxy groups -OCH3 is 2. The van der Waals surface area contributed by atoms with Gasteiger partial charge in [-0.1, -0.05) is 6.92 Å². The van der Waals surface area contributed by atoms with Gasteiger partial charge in [-0.15, -0.1) is 0 Å². The van der Waals surface area contributed by atoms with Crippen molar-refractivity contribution in [2.24, 2.45) is 5.73 Å². The van der Waals surface area contributed by atoms with Crippen molar-refractivity contribution >= 4 is 0 Å². The Morgan fingerprint density at radius 3 is 2.50 bits per heavy atom. The molecule has 0 heterocycles. The van der Waals surface area contributed by atoms with E-state index >= 15 is 0 Å². The quantitative estimate of drug-likeness (QED) is 0.800. The maximum absolute atomic E-state index is 9.86. The fraction of sp³-hybridized carbons (Fsp3) is 0.500. The van der Waals surface area contributed by atoms with E-state index in [4.69, 9.17) is 15.2 Å². The van der Waals surface area contributed by atoms with Crippen LogP contribution in [-0.2, 0) is 6.42 Å². The summed E-state index contributed by atoms with van der Waals surface area (Å²) in [4.78, 5) is 0. The highest BCUT2D eigenvalue weighted by Gasteiger charge is 2.14. The first-order chi connectivity index (χ1) is 7.62. The lowest BCUT2D eigenvalue weighted by Crippen LogP contribution is -2.21. The van der Waals surface area contributed by atoms with E-state index in [9.17, 15) is 5.11 Å². The van der Waals surface area contributed by atoms with Gasteiger partial charge in [0.2, 0.25) is 0 Å². The number of benzene rings is 1. The van der Waals surface area contributed by atoms with Crippen LogP contribution in [0.3, 0.4) is 0 Å². The molecule has 1 atom stereocenters. The van der Waals surface area contributed by atoms with Crippen molar-refractivity contribution in [1.29, 1.82) is 0 Å². The molecule has 90 valence electrons. The lowest BCUT2D eigenvalue weighted by atomic mass is 10.0. The van der Waals surface area contributed by atoms with Crippen LogP contribution < -0.4 is 15.2 Å². The molecule has 0 aliphatic carbocycles. The average molecular weight is 225 g/mol. The smallest absolute Gasteiger partial charge is 0.129 e. The molecule has 0 fully saturated rings. The normalized spacial score (nSPS) is 12.2. The molecule has 0 aromatic heterocycles. The summed E-state index contributed by atoms with van der Waals surface area (Å²) in [7, 11) is 3.11. The maximum Gasteiger partial charge on any atom is 0.129 e. The molecular weight excluding hydrogens is 206 g/mol. The molecule has 0 aliphatic rings. The number of nitrogens with two attached hydrogens (primary N) is 1. The molecule has 3 N–H and O–H groups in total. The average Bonchev–Trinajstić information content (AvgIpc) is 2.30. The predicted octanol–water partition coefficient (Wildman–Crippen LogP) is 1.69. The van der Waals surface area contributed by atoms with Gasteiger partial charge >= 0.3 is 0 Å². The third kappa shape index (κ3) is 2.79. The lowest BCUT2D eigenvalue weighted by molar-refractivity contribution is 0.377. The van der Waals surface area contributed by atoms with Crippen molar-refractivity contribution in [1.82, 2.24) is 0 Å². The minimum atomic E-state index is 0.0215. The Kier molecular flexibility index (Phi) is 4.43. The molecule has 1 aromatic carbocycles. The van der Waals surface area contributed by atoms with Gasteiger partial charge in [-0.05, 0) is 12.8 Å². The molecule has 0 saturated heterocycles. The molecule has 1 unspecified atom stereocenters. The van der Waals surface area contributed by atoms with Crippen molar-refractivity contribution in [3.63, 3.8) is 0 Å². The van der Waals surface area contributed by atoms with Gasteiger partial charge in [-0.3, -0.25) is 0 Å². The molecule has 0 spiro atoms. The zero-order valence-corrected chi connectivity index (χ0v) is 9.99. The van der Waals surface area contributed by atoms with E-state index in [0.717, 1.165) is 12.0 Å². The Hall–Kier alpha value is -1.42. The summed E-state index contributed by atoms with van der Waals surface area (Å²) in [5.74, 6) is 1.35. The van der Waals surface area contributed by atoms with Crippen LogP contribution in [0.2, 0.25) is 0 Å². The fourth-order valence-corrected chi connectivity index (χ4v) is 1.52. The van der Waals surface area contributed by atoms with E-state index in [1.165, 1.54) is 0 Å². The topological polar surface area (TPSA) is 64.7 Å². The minimum absolute atomic E-state index is 0.0215. The fourth-order valence-electron chi connectivity index (χ4n) is 1.52. The number of hydrogen-bond acceptors (Lipinski definition) is 4. The number of ether oxygens (including phenoxy) is 2. The Bertz CT molecular complexity index is 352. The highest BCUT2D eigenvalue weighted by molar-refractivity contribution is 5.50. The van der Waals surface area contributed by atoms with Gasteiger partial charge < -0.3 is 20.3 Å². The van der Waals surface area contributed by atoms with Crippen molar-refractivity contribution in [2.75, 3.05) is 14.2 Å². The van der Waals surface area contributed by atoms with Gasteiger partial charge in [0.05, 0.1) is 14.2 Å². The number of aromatic hydroxyl groups is 1. The van der Waals surface area contributed by atoms with Crippen molar-refractivity contribution in [2.45, 2.75) is 25.8 Å². The zero-order valence-electron chi connectivity index (χ0n) is 9.99. The molecule has 0 saturated carbocycles. The van der Waals surface area contributed by atoms with Gasteiger partial charge in [0.1, 0.15) is 17.2 Å². The van der Waals surface area contributed by atoms with Gasteiger partial charge in [-0.2, -0.15) is 0 Å². The summed E-state index contributed by atoms with van der Waals surface area (Å²) in [6.07, 6.45) is 1.45. The third-order valence-corrected chi connectivity index (χ3v) is 2.61. The van der Waals surface area contributed by atoms with Crippen LogP contribution in [0.25, 0.3) is 0 Å². The number of rotatable bonds is 5.